The van der Waals surface area contributed by atoms with Crippen LogP contribution in [0.25, 0.3) is 10.8 Å². The number of carbonyl (C=O) groups excluding carboxylic acids is 2. The summed E-state index contributed by atoms with van der Waals surface area (Å²) < 4.78 is 23.4. The van der Waals surface area contributed by atoms with Gasteiger partial charge in [-0.05, 0) is 42.8 Å². The molecule has 0 radical (unpaired) electrons. The van der Waals surface area contributed by atoms with Crippen LogP contribution in [0.15, 0.2) is 42.5 Å². The van der Waals surface area contributed by atoms with Crippen molar-refractivity contribution < 1.29 is 18.0 Å². The van der Waals surface area contributed by atoms with E-state index >= 15 is 0 Å². The first-order valence-electron chi connectivity index (χ1n) is 9.24. The second-order valence-corrected chi connectivity index (χ2v) is 10.0. The highest BCUT2D eigenvalue weighted by Crippen LogP contribution is 2.31. The molecule has 0 aliphatic carbocycles. The van der Waals surface area contributed by atoms with Gasteiger partial charge in [-0.25, -0.2) is 18.1 Å². The molecule has 0 bridgehead atoms. The van der Waals surface area contributed by atoms with Crippen LogP contribution in [-0.2, 0) is 20.2 Å². The fourth-order valence-corrected chi connectivity index (χ4v) is 5.79. The second-order valence-electron chi connectivity index (χ2n) is 7.81. The Morgan fingerprint density at radius 2 is 1.89 bits per heavy atom. The molecule has 2 unspecified atom stereocenters. The predicted molar refractivity (Wildman–Crippen MR) is 106 cm³/mol. The van der Waals surface area contributed by atoms with Gasteiger partial charge in [-0.3, -0.25) is 9.69 Å². The monoisotopic (exact) mass is 401 g/mol. The van der Waals surface area contributed by atoms with Crippen molar-refractivity contribution in [3.05, 3.63) is 48.0 Å². The topological polar surface area (TPSA) is 86.8 Å². The van der Waals surface area contributed by atoms with Crippen LogP contribution in [0.4, 0.5) is 4.79 Å². The standard InChI is InChI=1S/C20H23N3O4S/c1-20(16-8-7-14-5-3-4-6-15(14)11-16)18(24)23(19(25)21-20)13-22(2)17-9-10-28(26,27)12-17/h3-8,11,17H,9-10,12-13H2,1-2H3,(H,21,25). The number of rotatable bonds is 4. The molecule has 2 atom stereocenters. The molecule has 0 aromatic heterocycles. The van der Waals surface area contributed by atoms with Gasteiger partial charge in [-0.2, -0.15) is 0 Å². The van der Waals surface area contributed by atoms with Crippen LogP contribution < -0.4 is 5.32 Å². The molecule has 2 aliphatic heterocycles. The lowest BCUT2D eigenvalue weighted by Gasteiger charge is -2.28. The number of imide groups is 1. The zero-order valence-corrected chi connectivity index (χ0v) is 16.7. The number of urea groups is 1. The van der Waals surface area contributed by atoms with Gasteiger partial charge in [0.1, 0.15) is 5.54 Å². The van der Waals surface area contributed by atoms with Gasteiger partial charge in [0.05, 0.1) is 18.2 Å². The number of benzene rings is 2. The van der Waals surface area contributed by atoms with E-state index in [1.165, 1.54) is 4.90 Å². The number of nitrogens with zero attached hydrogens (tertiary/aromatic N) is 2. The van der Waals surface area contributed by atoms with E-state index in [1.54, 1.807) is 18.9 Å². The average Bonchev–Trinajstić information content (AvgIpc) is 3.13. The van der Waals surface area contributed by atoms with E-state index in [9.17, 15) is 18.0 Å². The van der Waals surface area contributed by atoms with Gasteiger partial charge in [0.25, 0.3) is 5.91 Å². The highest BCUT2D eigenvalue weighted by Gasteiger charge is 2.49. The maximum absolute atomic E-state index is 13.1. The van der Waals surface area contributed by atoms with Gasteiger partial charge < -0.3 is 5.32 Å². The first kappa shape index (κ1) is 18.9. The molecule has 4 rings (SSSR count). The molecule has 2 aromatic rings. The Kier molecular flexibility index (Phi) is 4.43. The normalized spacial score (nSPS) is 27.0. The molecule has 7 nitrogen and oxygen atoms in total. The molecule has 0 spiro atoms. The number of carbonyl (C=O) groups is 2. The van der Waals surface area contributed by atoms with E-state index in [0.717, 1.165) is 16.3 Å². The van der Waals surface area contributed by atoms with Crippen molar-refractivity contribution in [3.63, 3.8) is 0 Å². The van der Waals surface area contributed by atoms with Gasteiger partial charge in [0, 0.05) is 6.04 Å². The number of nitrogens with one attached hydrogen (secondary N) is 1. The summed E-state index contributed by atoms with van der Waals surface area (Å²) in [5, 5.41) is 4.87. The van der Waals surface area contributed by atoms with Crippen LogP contribution in [0.3, 0.4) is 0 Å². The lowest BCUT2D eigenvalue weighted by atomic mass is 9.90. The summed E-state index contributed by atoms with van der Waals surface area (Å²) in [5.41, 5.74) is -0.429. The van der Waals surface area contributed by atoms with Crippen molar-refractivity contribution >= 4 is 32.5 Å². The zero-order valence-electron chi connectivity index (χ0n) is 15.9. The third-order valence-electron chi connectivity index (χ3n) is 5.80. The van der Waals surface area contributed by atoms with Crippen LogP contribution in [0.1, 0.15) is 18.9 Å². The first-order chi connectivity index (χ1) is 13.2. The van der Waals surface area contributed by atoms with Gasteiger partial charge in [-0.1, -0.05) is 36.4 Å². The van der Waals surface area contributed by atoms with Crippen LogP contribution in [0, 0.1) is 0 Å². The average molecular weight is 401 g/mol. The fourth-order valence-electron chi connectivity index (χ4n) is 3.98. The van der Waals surface area contributed by atoms with Gasteiger partial charge in [-0.15, -0.1) is 0 Å². The van der Waals surface area contributed by atoms with Crippen molar-refractivity contribution in [1.29, 1.82) is 0 Å². The quantitative estimate of drug-likeness (QED) is 0.788. The van der Waals surface area contributed by atoms with Gasteiger partial charge in [0.15, 0.2) is 9.84 Å². The minimum atomic E-state index is -3.03. The Morgan fingerprint density at radius 1 is 1.18 bits per heavy atom. The molecular formula is C20H23N3O4S. The summed E-state index contributed by atoms with van der Waals surface area (Å²) in [6.45, 7) is 1.77. The summed E-state index contributed by atoms with van der Waals surface area (Å²) in [6.07, 6.45) is 0.518. The number of sulfone groups is 1. The Labute approximate surface area is 164 Å². The van der Waals surface area contributed by atoms with Crippen molar-refractivity contribution in [2.75, 3.05) is 25.2 Å². The summed E-state index contributed by atoms with van der Waals surface area (Å²) >= 11 is 0. The van der Waals surface area contributed by atoms with Crippen LogP contribution in [0.2, 0.25) is 0 Å². The van der Waals surface area contributed by atoms with Crippen LogP contribution in [0.5, 0.6) is 0 Å². The van der Waals surface area contributed by atoms with Crippen molar-refractivity contribution in [2.45, 2.75) is 24.9 Å². The molecule has 0 saturated carbocycles. The molecule has 2 aliphatic rings. The summed E-state index contributed by atoms with van der Waals surface area (Å²) in [4.78, 5) is 28.7. The highest BCUT2D eigenvalue weighted by molar-refractivity contribution is 7.91. The molecule has 2 aromatic carbocycles. The lowest BCUT2D eigenvalue weighted by Crippen LogP contribution is -2.46. The van der Waals surface area contributed by atoms with Crippen molar-refractivity contribution in [1.82, 2.24) is 15.1 Å². The third-order valence-corrected chi connectivity index (χ3v) is 7.55. The summed E-state index contributed by atoms with van der Waals surface area (Å²) in [5.74, 6) is -0.119. The SMILES string of the molecule is CN(CN1C(=O)NC(C)(c2ccc3ccccc3c2)C1=O)C1CCS(=O)(=O)C1. The van der Waals surface area contributed by atoms with Crippen LogP contribution in [-0.4, -0.2) is 61.4 Å². The van der Waals surface area contributed by atoms with Gasteiger partial charge in [0.2, 0.25) is 0 Å². The Bertz CT molecular complexity index is 1070. The van der Waals surface area contributed by atoms with E-state index in [2.05, 4.69) is 5.32 Å². The van der Waals surface area contributed by atoms with E-state index in [1.807, 2.05) is 42.5 Å². The second kappa shape index (κ2) is 6.56. The minimum Gasteiger partial charge on any atom is -0.319 e. The number of hydrogen-bond donors (Lipinski definition) is 1. The van der Waals surface area contributed by atoms with E-state index in [4.69, 9.17) is 0 Å². The van der Waals surface area contributed by atoms with Gasteiger partial charge >= 0.3 is 6.03 Å². The summed E-state index contributed by atoms with van der Waals surface area (Å²) in [7, 11) is -1.29. The zero-order chi connectivity index (χ0) is 20.1. The molecule has 2 saturated heterocycles. The largest absolute Gasteiger partial charge is 0.326 e. The Balaban J connectivity index is 1.57. The van der Waals surface area contributed by atoms with E-state index in [-0.39, 0.29) is 30.1 Å². The molecule has 148 valence electrons. The number of amides is 3. The molecule has 1 N–H and O–H groups in total. The molecule has 2 fully saturated rings. The van der Waals surface area contributed by atoms with Crippen LogP contribution >= 0.6 is 0 Å². The Morgan fingerprint density at radius 3 is 2.57 bits per heavy atom. The minimum absolute atomic E-state index is 0.0635. The molecular weight excluding hydrogens is 378 g/mol. The fraction of sp³-hybridized carbons (Fsp3) is 0.400. The van der Waals surface area contributed by atoms with E-state index in [0.29, 0.717) is 6.42 Å². The molecule has 8 heteroatoms. The maximum Gasteiger partial charge on any atom is 0.326 e. The summed E-state index contributed by atoms with van der Waals surface area (Å²) in [6, 6.07) is 12.9. The maximum atomic E-state index is 13.1. The predicted octanol–water partition coefficient (Wildman–Crippen LogP) is 1.68. The Hall–Kier alpha value is -2.45. The van der Waals surface area contributed by atoms with Crippen molar-refractivity contribution in [3.8, 4) is 0 Å². The van der Waals surface area contributed by atoms with Crippen molar-refractivity contribution in [2.24, 2.45) is 0 Å². The number of fused-ring (bicyclic) bond motifs is 1. The van der Waals surface area contributed by atoms with E-state index < -0.39 is 21.4 Å². The molecule has 28 heavy (non-hydrogen) atoms. The number of hydrogen-bond acceptors (Lipinski definition) is 5. The smallest absolute Gasteiger partial charge is 0.319 e. The molecule has 2 heterocycles. The first-order valence-corrected chi connectivity index (χ1v) is 11.1. The lowest BCUT2D eigenvalue weighted by molar-refractivity contribution is -0.132. The highest BCUT2D eigenvalue weighted by atomic mass is 32.2. The third kappa shape index (κ3) is 3.16. The molecule has 3 amide bonds.